The van der Waals surface area contributed by atoms with Crippen LogP contribution in [0.25, 0.3) is 0 Å². The van der Waals surface area contributed by atoms with Crippen LogP contribution in [0.5, 0.6) is 0 Å². The SMILES string of the molecule is CCNc1ncc(F)c(Nc2n[nH]c3c2CN(C(O)N2CC4CCCN4C[C@@H]2C)C3(C)C)n1. The fourth-order valence-corrected chi connectivity index (χ4v) is 5.53. The van der Waals surface area contributed by atoms with E-state index < -0.39 is 17.7 Å². The number of hydrogen-bond donors (Lipinski definition) is 4. The average molecular weight is 460 g/mol. The number of nitrogens with one attached hydrogen (secondary N) is 3. The lowest BCUT2D eigenvalue weighted by Gasteiger charge is -2.48. The summed E-state index contributed by atoms with van der Waals surface area (Å²) in [6, 6.07) is 0.782. The maximum atomic E-state index is 14.4. The predicted molar refractivity (Wildman–Crippen MR) is 123 cm³/mol. The van der Waals surface area contributed by atoms with Gasteiger partial charge in [-0.1, -0.05) is 0 Å². The third-order valence-electron chi connectivity index (χ3n) is 7.40. The van der Waals surface area contributed by atoms with E-state index in [0.717, 1.165) is 37.1 Å². The summed E-state index contributed by atoms with van der Waals surface area (Å²) in [4.78, 5) is 15.0. The Balaban J connectivity index is 1.37. The number of halogens is 1. The van der Waals surface area contributed by atoms with E-state index in [2.05, 4.69) is 66.3 Å². The van der Waals surface area contributed by atoms with Crippen molar-refractivity contribution in [2.75, 3.05) is 36.8 Å². The molecule has 0 aliphatic carbocycles. The molecule has 0 radical (unpaired) electrons. The summed E-state index contributed by atoms with van der Waals surface area (Å²) < 4.78 is 14.4. The highest BCUT2D eigenvalue weighted by Crippen LogP contribution is 2.43. The van der Waals surface area contributed by atoms with E-state index in [4.69, 9.17) is 0 Å². The van der Waals surface area contributed by atoms with Gasteiger partial charge in [-0.3, -0.25) is 19.8 Å². The zero-order valence-corrected chi connectivity index (χ0v) is 19.8. The second-order valence-corrected chi connectivity index (χ2v) is 9.84. The third kappa shape index (κ3) is 3.86. The second kappa shape index (κ2) is 8.46. The van der Waals surface area contributed by atoms with Crippen LogP contribution in [-0.4, -0.2) is 84.6 Å². The third-order valence-corrected chi connectivity index (χ3v) is 7.40. The number of fused-ring (bicyclic) bond motifs is 2. The van der Waals surface area contributed by atoms with Crippen LogP contribution < -0.4 is 10.6 Å². The van der Waals surface area contributed by atoms with Gasteiger partial charge in [-0.2, -0.15) is 10.1 Å². The zero-order valence-electron chi connectivity index (χ0n) is 19.8. The number of aromatic amines is 1. The Morgan fingerprint density at radius 3 is 2.94 bits per heavy atom. The highest BCUT2D eigenvalue weighted by atomic mass is 19.1. The lowest BCUT2D eigenvalue weighted by Crippen LogP contribution is -2.63. The van der Waals surface area contributed by atoms with Crippen molar-refractivity contribution in [3.63, 3.8) is 0 Å². The van der Waals surface area contributed by atoms with Crippen LogP contribution in [-0.2, 0) is 12.1 Å². The first kappa shape index (κ1) is 22.5. The molecule has 0 amide bonds. The molecular weight excluding hydrogens is 425 g/mol. The van der Waals surface area contributed by atoms with Crippen molar-refractivity contribution >= 4 is 17.6 Å². The minimum atomic E-state index is -0.720. The number of H-pyrrole nitrogens is 1. The summed E-state index contributed by atoms with van der Waals surface area (Å²) in [7, 11) is 0. The molecule has 3 atom stereocenters. The number of anilines is 3. The number of aliphatic hydroxyl groups excluding tert-OH is 1. The van der Waals surface area contributed by atoms with Crippen LogP contribution >= 0.6 is 0 Å². The Morgan fingerprint density at radius 2 is 2.15 bits per heavy atom. The van der Waals surface area contributed by atoms with Crippen molar-refractivity contribution < 1.29 is 9.50 Å². The van der Waals surface area contributed by atoms with E-state index in [1.807, 2.05) is 6.92 Å². The molecule has 0 saturated carbocycles. The van der Waals surface area contributed by atoms with Gasteiger partial charge >= 0.3 is 0 Å². The number of piperazine rings is 1. The lowest BCUT2D eigenvalue weighted by molar-refractivity contribution is -0.178. The molecule has 2 saturated heterocycles. The highest BCUT2D eigenvalue weighted by Gasteiger charge is 2.48. The van der Waals surface area contributed by atoms with Crippen LogP contribution in [0.2, 0.25) is 0 Å². The summed E-state index contributed by atoms with van der Waals surface area (Å²) in [6.45, 7) is 12.4. The maximum absolute atomic E-state index is 14.4. The van der Waals surface area contributed by atoms with Crippen LogP contribution in [0.15, 0.2) is 6.20 Å². The molecule has 2 fully saturated rings. The molecule has 0 bridgehead atoms. The van der Waals surface area contributed by atoms with Gasteiger partial charge in [0.15, 0.2) is 23.8 Å². The number of rotatable bonds is 6. The summed E-state index contributed by atoms with van der Waals surface area (Å²) in [5.41, 5.74) is 1.36. The first-order valence-electron chi connectivity index (χ1n) is 11.8. The van der Waals surface area contributed by atoms with E-state index in [-0.39, 0.29) is 11.9 Å². The van der Waals surface area contributed by atoms with Crippen LogP contribution in [0.4, 0.5) is 22.0 Å². The molecule has 5 rings (SSSR count). The van der Waals surface area contributed by atoms with Gasteiger partial charge in [0.05, 0.1) is 17.4 Å². The monoisotopic (exact) mass is 459 g/mol. The average Bonchev–Trinajstić information content (AvgIpc) is 3.46. The Labute approximate surface area is 193 Å². The molecule has 5 heterocycles. The predicted octanol–water partition coefficient (Wildman–Crippen LogP) is 2.01. The molecular formula is C22H34FN9O. The molecule has 3 aliphatic heterocycles. The summed E-state index contributed by atoms with van der Waals surface area (Å²) in [5.74, 6) is 0.385. The number of nitrogens with zero attached hydrogens (tertiary/aromatic N) is 6. The van der Waals surface area contributed by atoms with E-state index in [0.29, 0.717) is 30.9 Å². The highest BCUT2D eigenvalue weighted by molar-refractivity contribution is 5.60. The molecule has 10 nitrogen and oxygen atoms in total. The molecule has 11 heteroatoms. The van der Waals surface area contributed by atoms with Gasteiger partial charge in [0.1, 0.15) is 0 Å². The van der Waals surface area contributed by atoms with Gasteiger partial charge in [0.2, 0.25) is 5.95 Å². The topological polar surface area (TPSA) is 108 Å². The maximum Gasteiger partial charge on any atom is 0.224 e. The minimum Gasteiger partial charge on any atom is -0.365 e. The summed E-state index contributed by atoms with van der Waals surface area (Å²) in [6.07, 6.45) is 2.85. The molecule has 4 N–H and O–H groups in total. The van der Waals surface area contributed by atoms with Gasteiger partial charge in [-0.25, -0.2) is 9.37 Å². The molecule has 2 unspecified atom stereocenters. The van der Waals surface area contributed by atoms with E-state index in [9.17, 15) is 9.50 Å². The molecule has 0 aromatic carbocycles. The zero-order chi connectivity index (χ0) is 23.3. The fraction of sp³-hybridized carbons (Fsp3) is 0.682. The Morgan fingerprint density at radius 1 is 1.33 bits per heavy atom. The van der Waals surface area contributed by atoms with Crippen molar-refractivity contribution in [3.8, 4) is 0 Å². The van der Waals surface area contributed by atoms with Gasteiger partial charge in [0, 0.05) is 43.8 Å². The Bertz CT molecular complexity index is 1010. The van der Waals surface area contributed by atoms with Gasteiger partial charge < -0.3 is 15.7 Å². The van der Waals surface area contributed by atoms with Gasteiger partial charge in [-0.15, -0.1) is 0 Å². The fourth-order valence-electron chi connectivity index (χ4n) is 5.53. The summed E-state index contributed by atoms with van der Waals surface area (Å²) >= 11 is 0. The number of hydrogen-bond acceptors (Lipinski definition) is 9. The van der Waals surface area contributed by atoms with Gasteiger partial charge in [0.25, 0.3) is 0 Å². The van der Waals surface area contributed by atoms with Gasteiger partial charge in [-0.05, 0) is 47.1 Å². The summed E-state index contributed by atoms with van der Waals surface area (Å²) in [5, 5.41) is 25.0. The largest absolute Gasteiger partial charge is 0.365 e. The Hall–Kier alpha value is -2.34. The number of aliphatic hydroxyl groups is 1. The van der Waals surface area contributed by atoms with Crippen molar-refractivity contribution in [1.82, 2.24) is 34.9 Å². The molecule has 0 spiro atoms. The molecule has 180 valence electrons. The normalized spacial score (nSPS) is 26.2. The van der Waals surface area contributed by atoms with Crippen LogP contribution in [0.3, 0.4) is 0 Å². The standard InChI is InChI=1S/C22H34FN9O/c1-5-24-20-25-9-16(23)19(27-20)26-18-15-12-32(22(3,4)17(15)28-29-18)21(33)31-11-14-7-6-8-30(14)10-13(31)2/h9,13-14,21,33H,5-8,10-12H2,1-4H3,(H3,24,25,26,27,28,29)/t13-,14?,21?/m0/s1. The quantitative estimate of drug-likeness (QED) is 0.516. The van der Waals surface area contributed by atoms with Crippen LogP contribution in [0, 0.1) is 5.82 Å². The first-order valence-corrected chi connectivity index (χ1v) is 11.8. The van der Waals surface area contributed by atoms with Crippen molar-refractivity contribution in [2.24, 2.45) is 0 Å². The van der Waals surface area contributed by atoms with Crippen LogP contribution in [0.1, 0.15) is 51.8 Å². The van der Waals surface area contributed by atoms with E-state index in [1.165, 1.54) is 12.8 Å². The van der Waals surface area contributed by atoms with Crippen molar-refractivity contribution in [1.29, 1.82) is 0 Å². The molecule has 2 aromatic heterocycles. The van der Waals surface area contributed by atoms with Crippen molar-refractivity contribution in [3.05, 3.63) is 23.3 Å². The van der Waals surface area contributed by atoms with E-state index >= 15 is 0 Å². The minimum absolute atomic E-state index is 0.0676. The Kier molecular flexibility index (Phi) is 5.76. The molecule has 3 aliphatic rings. The smallest absolute Gasteiger partial charge is 0.224 e. The molecule has 2 aromatic rings. The second-order valence-electron chi connectivity index (χ2n) is 9.84. The first-order chi connectivity index (χ1) is 15.8. The molecule has 33 heavy (non-hydrogen) atoms. The van der Waals surface area contributed by atoms with E-state index in [1.54, 1.807) is 0 Å². The van der Waals surface area contributed by atoms with Crippen molar-refractivity contribution in [2.45, 2.75) is 71.1 Å². The lowest BCUT2D eigenvalue weighted by atomic mass is 10.0. The number of aromatic nitrogens is 4.